The number of aryl methyl sites for hydroxylation is 1. The van der Waals surface area contributed by atoms with E-state index in [1.807, 2.05) is 45.9 Å². The zero-order chi connectivity index (χ0) is 16.0. The van der Waals surface area contributed by atoms with E-state index in [1.54, 1.807) is 11.9 Å². The molecule has 0 atom stereocenters. The van der Waals surface area contributed by atoms with Gasteiger partial charge in [-0.25, -0.2) is 0 Å². The van der Waals surface area contributed by atoms with E-state index in [9.17, 15) is 9.59 Å². The standard InChI is InChI=1S/C16H24N2O3/c1-12-7-6-8-13(17-12)11-18(5)14(19)9-10-15(20)21-16(2,3)4/h6-8H,9-11H2,1-5H3. The molecule has 0 unspecified atom stereocenters. The number of esters is 1. The normalized spacial score (nSPS) is 11.1. The molecule has 0 aliphatic rings. The van der Waals surface area contributed by atoms with Gasteiger partial charge in [0.25, 0.3) is 0 Å². The van der Waals surface area contributed by atoms with E-state index in [2.05, 4.69) is 4.98 Å². The van der Waals surface area contributed by atoms with Crippen LogP contribution in [0.3, 0.4) is 0 Å². The Morgan fingerprint density at radius 1 is 1.24 bits per heavy atom. The molecule has 1 amide bonds. The summed E-state index contributed by atoms with van der Waals surface area (Å²) in [6.45, 7) is 7.77. The Morgan fingerprint density at radius 3 is 2.48 bits per heavy atom. The van der Waals surface area contributed by atoms with Crippen LogP contribution in [-0.2, 0) is 20.9 Å². The minimum absolute atomic E-state index is 0.0934. The highest BCUT2D eigenvalue weighted by atomic mass is 16.6. The molecule has 0 fully saturated rings. The van der Waals surface area contributed by atoms with Gasteiger partial charge in [0.1, 0.15) is 5.60 Å². The highest BCUT2D eigenvalue weighted by Gasteiger charge is 2.18. The lowest BCUT2D eigenvalue weighted by Crippen LogP contribution is -2.28. The third-order valence-corrected chi connectivity index (χ3v) is 2.73. The number of rotatable bonds is 5. The molecule has 0 aliphatic carbocycles. The Kier molecular flexibility index (Phi) is 5.88. The molecule has 0 saturated carbocycles. The number of aromatic nitrogens is 1. The quantitative estimate of drug-likeness (QED) is 0.782. The monoisotopic (exact) mass is 292 g/mol. The van der Waals surface area contributed by atoms with Crippen molar-refractivity contribution in [1.82, 2.24) is 9.88 Å². The molecule has 0 radical (unpaired) electrons. The topological polar surface area (TPSA) is 59.5 Å². The summed E-state index contributed by atoms with van der Waals surface area (Å²) in [7, 11) is 1.71. The molecule has 0 bridgehead atoms. The van der Waals surface area contributed by atoms with E-state index in [1.165, 1.54) is 0 Å². The second kappa shape index (κ2) is 7.20. The van der Waals surface area contributed by atoms with Crippen LogP contribution >= 0.6 is 0 Å². The largest absolute Gasteiger partial charge is 0.460 e. The third kappa shape index (κ3) is 6.88. The van der Waals surface area contributed by atoms with Crippen LogP contribution in [0.15, 0.2) is 18.2 Å². The number of nitrogens with zero attached hydrogens (tertiary/aromatic N) is 2. The zero-order valence-electron chi connectivity index (χ0n) is 13.5. The van der Waals surface area contributed by atoms with Crippen molar-refractivity contribution in [2.75, 3.05) is 7.05 Å². The van der Waals surface area contributed by atoms with Crippen LogP contribution in [0.25, 0.3) is 0 Å². The van der Waals surface area contributed by atoms with Crippen molar-refractivity contribution in [3.05, 3.63) is 29.6 Å². The Labute approximate surface area is 126 Å². The number of carbonyl (C=O) groups is 2. The van der Waals surface area contributed by atoms with Crippen molar-refractivity contribution in [3.8, 4) is 0 Å². The van der Waals surface area contributed by atoms with Crippen molar-refractivity contribution in [1.29, 1.82) is 0 Å². The van der Waals surface area contributed by atoms with Gasteiger partial charge in [0.05, 0.1) is 18.7 Å². The molecule has 1 heterocycles. The minimum Gasteiger partial charge on any atom is -0.460 e. The summed E-state index contributed by atoms with van der Waals surface area (Å²) in [4.78, 5) is 29.5. The van der Waals surface area contributed by atoms with E-state index in [4.69, 9.17) is 4.74 Å². The molecule has 0 spiro atoms. The lowest BCUT2D eigenvalue weighted by atomic mass is 10.2. The lowest BCUT2D eigenvalue weighted by molar-refractivity contribution is -0.156. The van der Waals surface area contributed by atoms with Crippen LogP contribution < -0.4 is 0 Å². The first-order valence-electron chi connectivity index (χ1n) is 7.06. The summed E-state index contributed by atoms with van der Waals surface area (Å²) in [5, 5.41) is 0. The molecular weight excluding hydrogens is 268 g/mol. The molecule has 1 rings (SSSR count). The van der Waals surface area contributed by atoms with E-state index < -0.39 is 5.60 Å². The first kappa shape index (κ1) is 17.1. The van der Waals surface area contributed by atoms with Crippen LogP contribution in [0.1, 0.15) is 45.0 Å². The van der Waals surface area contributed by atoms with Gasteiger partial charge in [0.15, 0.2) is 0 Å². The summed E-state index contributed by atoms with van der Waals surface area (Å²) >= 11 is 0. The van der Waals surface area contributed by atoms with Crippen molar-refractivity contribution < 1.29 is 14.3 Å². The Bertz CT molecular complexity index is 506. The molecule has 5 nitrogen and oxygen atoms in total. The molecule has 1 aromatic heterocycles. The summed E-state index contributed by atoms with van der Waals surface area (Å²) < 4.78 is 5.18. The Balaban J connectivity index is 2.43. The van der Waals surface area contributed by atoms with E-state index >= 15 is 0 Å². The fourth-order valence-corrected chi connectivity index (χ4v) is 1.81. The van der Waals surface area contributed by atoms with Crippen LogP contribution in [0.4, 0.5) is 0 Å². The first-order valence-corrected chi connectivity index (χ1v) is 7.06. The highest BCUT2D eigenvalue weighted by Crippen LogP contribution is 2.10. The predicted molar refractivity (Wildman–Crippen MR) is 80.5 cm³/mol. The SMILES string of the molecule is Cc1cccc(CN(C)C(=O)CCC(=O)OC(C)(C)C)n1. The number of hydrogen-bond acceptors (Lipinski definition) is 4. The number of carbonyl (C=O) groups excluding carboxylic acids is 2. The third-order valence-electron chi connectivity index (χ3n) is 2.73. The predicted octanol–water partition coefficient (Wildman–Crippen LogP) is 2.47. The molecule has 5 heteroatoms. The van der Waals surface area contributed by atoms with Gasteiger partial charge < -0.3 is 9.64 Å². The Hall–Kier alpha value is -1.91. The number of hydrogen-bond donors (Lipinski definition) is 0. The fraction of sp³-hybridized carbons (Fsp3) is 0.562. The number of pyridine rings is 1. The highest BCUT2D eigenvalue weighted by molar-refractivity contribution is 5.81. The lowest BCUT2D eigenvalue weighted by Gasteiger charge is -2.20. The summed E-state index contributed by atoms with van der Waals surface area (Å²) in [6, 6.07) is 5.70. The molecule has 1 aromatic rings. The maximum Gasteiger partial charge on any atom is 0.306 e. The molecular formula is C16H24N2O3. The van der Waals surface area contributed by atoms with Crippen molar-refractivity contribution in [2.24, 2.45) is 0 Å². The van der Waals surface area contributed by atoms with Gasteiger partial charge in [-0.1, -0.05) is 6.07 Å². The van der Waals surface area contributed by atoms with Gasteiger partial charge in [0.2, 0.25) is 5.91 Å². The molecule has 0 aromatic carbocycles. The summed E-state index contributed by atoms with van der Waals surface area (Å²) in [5.74, 6) is -0.443. The van der Waals surface area contributed by atoms with Crippen molar-refractivity contribution >= 4 is 11.9 Å². The molecule has 0 aliphatic heterocycles. The fourth-order valence-electron chi connectivity index (χ4n) is 1.81. The van der Waals surface area contributed by atoms with Crippen LogP contribution in [0.2, 0.25) is 0 Å². The second-order valence-electron chi connectivity index (χ2n) is 6.11. The summed E-state index contributed by atoms with van der Waals surface area (Å²) in [6.07, 6.45) is 0.249. The van der Waals surface area contributed by atoms with E-state index in [0.29, 0.717) is 6.54 Å². The van der Waals surface area contributed by atoms with Crippen molar-refractivity contribution in [2.45, 2.75) is 52.7 Å². The van der Waals surface area contributed by atoms with Crippen molar-refractivity contribution in [3.63, 3.8) is 0 Å². The molecule has 116 valence electrons. The maximum absolute atomic E-state index is 12.0. The number of ether oxygens (including phenoxy) is 1. The van der Waals surface area contributed by atoms with Gasteiger partial charge >= 0.3 is 5.97 Å². The summed E-state index contributed by atoms with van der Waals surface area (Å²) in [5.41, 5.74) is 1.24. The van der Waals surface area contributed by atoms with Crippen LogP contribution in [-0.4, -0.2) is 34.4 Å². The second-order valence-corrected chi connectivity index (χ2v) is 6.11. The van der Waals surface area contributed by atoms with E-state index in [-0.39, 0.29) is 24.7 Å². The van der Waals surface area contributed by atoms with Gasteiger partial charge in [-0.05, 0) is 39.8 Å². The smallest absolute Gasteiger partial charge is 0.306 e. The number of amides is 1. The molecule has 0 N–H and O–H groups in total. The van der Waals surface area contributed by atoms with Gasteiger partial charge in [-0.2, -0.15) is 0 Å². The van der Waals surface area contributed by atoms with Crippen LogP contribution in [0, 0.1) is 6.92 Å². The molecule has 0 saturated heterocycles. The average molecular weight is 292 g/mol. The molecule has 21 heavy (non-hydrogen) atoms. The maximum atomic E-state index is 12.0. The Morgan fingerprint density at radius 2 is 1.90 bits per heavy atom. The minimum atomic E-state index is -0.516. The van der Waals surface area contributed by atoms with Crippen LogP contribution in [0.5, 0.6) is 0 Å². The van der Waals surface area contributed by atoms with Gasteiger partial charge in [-0.15, -0.1) is 0 Å². The van der Waals surface area contributed by atoms with Gasteiger partial charge in [0, 0.05) is 19.2 Å². The van der Waals surface area contributed by atoms with Gasteiger partial charge in [-0.3, -0.25) is 14.6 Å². The average Bonchev–Trinajstić information content (AvgIpc) is 2.33. The van der Waals surface area contributed by atoms with E-state index in [0.717, 1.165) is 11.4 Å². The first-order chi connectivity index (χ1) is 9.67. The zero-order valence-corrected chi connectivity index (χ0v) is 13.5.